The van der Waals surface area contributed by atoms with E-state index in [-0.39, 0.29) is 15.9 Å². The summed E-state index contributed by atoms with van der Waals surface area (Å²) in [6.07, 6.45) is 0.530. The number of aromatic nitrogens is 6. The summed E-state index contributed by atoms with van der Waals surface area (Å²) in [5.41, 5.74) is 2.67. The molecule has 0 fully saturated rings. The fourth-order valence-corrected chi connectivity index (χ4v) is 6.10. The third-order valence-corrected chi connectivity index (χ3v) is 8.65. The van der Waals surface area contributed by atoms with Gasteiger partial charge in [0.05, 0.1) is 10.1 Å². The number of amides is 1. The number of aryl methyl sites for hydroxylation is 1. The van der Waals surface area contributed by atoms with Crippen LogP contribution in [0.3, 0.4) is 0 Å². The number of benzene rings is 2. The van der Waals surface area contributed by atoms with Crippen LogP contribution in [0, 0.1) is 6.92 Å². The van der Waals surface area contributed by atoms with E-state index in [2.05, 4.69) is 40.4 Å². The highest BCUT2D eigenvalue weighted by atomic mass is 32.2. The number of H-pyrrole nitrogens is 1. The van der Waals surface area contributed by atoms with Gasteiger partial charge < -0.3 is 10.3 Å². The number of thioether (sulfide) groups is 1. The van der Waals surface area contributed by atoms with Gasteiger partial charge in [-0.05, 0) is 43.7 Å². The Morgan fingerprint density at radius 2 is 1.86 bits per heavy atom. The first-order chi connectivity index (χ1) is 17.3. The molecule has 14 heteroatoms. The molecular formula is C22H20N8O3S3. The molecule has 1 unspecified atom stereocenters. The monoisotopic (exact) mass is 540 g/mol. The van der Waals surface area contributed by atoms with Crippen LogP contribution in [0.2, 0.25) is 0 Å². The zero-order valence-electron chi connectivity index (χ0n) is 19.1. The van der Waals surface area contributed by atoms with Gasteiger partial charge in [0, 0.05) is 16.6 Å². The minimum absolute atomic E-state index is 0.0425. The Hall–Kier alpha value is -3.62. The van der Waals surface area contributed by atoms with E-state index in [1.54, 1.807) is 6.92 Å². The number of carbonyl (C=O) groups is 1. The van der Waals surface area contributed by atoms with Gasteiger partial charge in [0.25, 0.3) is 10.0 Å². The van der Waals surface area contributed by atoms with Crippen molar-refractivity contribution in [1.29, 1.82) is 0 Å². The lowest BCUT2D eigenvalue weighted by atomic mass is 10.2. The molecule has 5 rings (SSSR count). The molecule has 0 aliphatic rings. The number of sulfonamides is 1. The summed E-state index contributed by atoms with van der Waals surface area (Å²) < 4.78 is 27.5. The second-order valence-electron chi connectivity index (χ2n) is 7.72. The molecule has 0 saturated heterocycles. The summed E-state index contributed by atoms with van der Waals surface area (Å²) in [5.74, 6) is -0.249. The van der Waals surface area contributed by atoms with E-state index in [0.29, 0.717) is 33.4 Å². The van der Waals surface area contributed by atoms with Crippen LogP contribution >= 0.6 is 23.1 Å². The molecule has 0 radical (unpaired) electrons. The van der Waals surface area contributed by atoms with Crippen molar-refractivity contribution >= 4 is 71.9 Å². The topological polar surface area (TPSA) is 156 Å². The van der Waals surface area contributed by atoms with E-state index in [1.807, 2.05) is 31.2 Å². The Morgan fingerprint density at radius 3 is 2.58 bits per heavy atom. The molecule has 0 saturated carbocycles. The first kappa shape index (κ1) is 24.1. The van der Waals surface area contributed by atoms with Gasteiger partial charge in [-0.1, -0.05) is 48.2 Å². The molecule has 0 aliphatic carbocycles. The van der Waals surface area contributed by atoms with Crippen LogP contribution in [-0.4, -0.2) is 49.9 Å². The molecular weight excluding hydrogens is 520 g/mol. The average Bonchev–Trinajstić information content (AvgIpc) is 3.44. The normalized spacial score (nSPS) is 12.6. The lowest BCUT2D eigenvalue weighted by Crippen LogP contribution is -2.25. The van der Waals surface area contributed by atoms with E-state index >= 15 is 0 Å². The predicted octanol–water partition coefficient (Wildman–Crippen LogP) is 3.98. The quantitative estimate of drug-likeness (QED) is 0.248. The number of carbonyl (C=O) groups excluding carboxylic acids is 1. The fourth-order valence-electron chi connectivity index (χ4n) is 3.46. The smallest absolute Gasteiger partial charge is 0.263 e. The lowest BCUT2D eigenvalue weighted by Gasteiger charge is -2.14. The van der Waals surface area contributed by atoms with E-state index in [1.165, 1.54) is 36.0 Å². The summed E-state index contributed by atoms with van der Waals surface area (Å²) in [6, 6.07) is 13.6. The van der Waals surface area contributed by atoms with Gasteiger partial charge in [0.2, 0.25) is 16.2 Å². The molecule has 36 heavy (non-hydrogen) atoms. The number of para-hydroxylation sites is 1. The van der Waals surface area contributed by atoms with Crippen molar-refractivity contribution in [2.24, 2.45) is 0 Å². The number of anilines is 2. The Labute approximate surface area is 214 Å². The Kier molecular flexibility index (Phi) is 6.55. The van der Waals surface area contributed by atoms with Crippen LogP contribution in [0.1, 0.15) is 18.4 Å². The first-order valence-corrected chi connectivity index (χ1v) is 14.0. The van der Waals surface area contributed by atoms with Crippen molar-refractivity contribution in [3.63, 3.8) is 0 Å². The van der Waals surface area contributed by atoms with Gasteiger partial charge in [-0.2, -0.15) is 0 Å². The van der Waals surface area contributed by atoms with E-state index in [0.717, 1.165) is 22.2 Å². The van der Waals surface area contributed by atoms with Crippen molar-refractivity contribution in [3.05, 3.63) is 53.5 Å². The molecule has 184 valence electrons. The summed E-state index contributed by atoms with van der Waals surface area (Å²) in [5, 5.41) is 20.6. The van der Waals surface area contributed by atoms with Crippen molar-refractivity contribution in [3.8, 4) is 0 Å². The number of fused-ring (bicyclic) bond motifs is 3. The van der Waals surface area contributed by atoms with Crippen molar-refractivity contribution < 1.29 is 13.2 Å². The van der Waals surface area contributed by atoms with Crippen LogP contribution in [0.15, 0.2) is 58.6 Å². The van der Waals surface area contributed by atoms with Crippen LogP contribution in [0.5, 0.6) is 0 Å². The van der Waals surface area contributed by atoms with Crippen LogP contribution in [-0.2, 0) is 14.8 Å². The maximum absolute atomic E-state index is 12.9. The van der Waals surface area contributed by atoms with Crippen molar-refractivity contribution in [1.82, 2.24) is 30.4 Å². The molecule has 0 bridgehead atoms. The van der Waals surface area contributed by atoms with Gasteiger partial charge >= 0.3 is 0 Å². The molecule has 1 atom stereocenters. The second kappa shape index (κ2) is 9.79. The SMILES string of the molecule is CCC(Sc1nnc2c(n1)[nH]c1ccccc12)C(=O)Nc1ccc(S(=O)(=O)Nc2nnc(C)s2)cc1. The van der Waals surface area contributed by atoms with Gasteiger partial charge in [-0.15, -0.1) is 20.4 Å². The summed E-state index contributed by atoms with van der Waals surface area (Å²) in [7, 11) is -3.82. The maximum Gasteiger partial charge on any atom is 0.263 e. The van der Waals surface area contributed by atoms with Crippen LogP contribution in [0.25, 0.3) is 22.1 Å². The van der Waals surface area contributed by atoms with Crippen LogP contribution < -0.4 is 10.0 Å². The minimum atomic E-state index is -3.82. The highest BCUT2D eigenvalue weighted by Crippen LogP contribution is 2.27. The largest absolute Gasteiger partial charge is 0.338 e. The van der Waals surface area contributed by atoms with Crippen molar-refractivity contribution in [2.45, 2.75) is 35.6 Å². The number of aromatic amines is 1. The second-order valence-corrected chi connectivity index (χ2v) is 11.8. The number of nitrogens with zero attached hydrogens (tertiary/aromatic N) is 5. The number of rotatable bonds is 8. The van der Waals surface area contributed by atoms with Gasteiger partial charge in [0.1, 0.15) is 10.5 Å². The standard InChI is InChI=1S/C22H20N8O3S3/c1-3-17(35-21-25-19-18(27-28-21)15-6-4-5-7-16(15)24-19)20(31)23-13-8-10-14(11-9-13)36(32,33)30-22-29-26-12(2)34-22/h4-11,17H,3H2,1-2H3,(H,23,31)(H,29,30)(H,24,25,28). The molecule has 2 aromatic carbocycles. The third-order valence-electron chi connectivity index (χ3n) is 5.19. The van der Waals surface area contributed by atoms with Gasteiger partial charge in [0.15, 0.2) is 5.65 Å². The number of hydrogen-bond donors (Lipinski definition) is 3. The highest BCUT2D eigenvalue weighted by Gasteiger charge is 2.22. The summed E-state index contributed by atoms with van der Waals surface area (Å²) >= 11 is 2.36. The molecule has 1 amide bonds. The summed E-state index contributed by atoms with van der Waals surface area (Å²) in [6.45, 7) is 3.63. The molecule has 0 spiro atoms. The summed E-state index contributed by atoms with van der Waals surface area (Å²) in [4.78, 5) is 20.7. The number of hydrogen-bond acceptors (Lipinski definition) is 10. The van der Waals surface area contributed by atoms with Gasteiger partial charge in [-0.25, -0.2) is 13.4 Å². The lowest BCUT2D eigenvalue weighted by molar-refractivity contribution is -0.115. The van der Waals surface area contributed by atoms with E-state index in [4.69, 9.17) is 0 Å². The predicted molar refractivity (Wildman–Crippen MR) is 140 cm³/mol. The molecule has 0 aliphatic heterocycles. The number of nitrogens with one attached hydrogen (secondary N) is 3. The van der Waals surface area contributed by atoms with Gasteiger partial charge in [-0.3, -0.25) is 9.52 Å². The fraction of sp³-hybridized carbons (Fsp3) is 0.182. The first-order valence-electron chi connectivity index (χ1n) is 10.8. The Morgan fingerprint density at radius 1 is 1.08 bits per heavy atom. The average molecular weight is 541 g/mol. The van der Waals surface area contributed by atoms with Crippen molar-refractivity contribution in [2.75, 3.05) is 10.0 Å². The van der Waals surface area contributed by atoms with E-state index < -0.39 is 15.3 Å². The minimum Gasteiger partial charge on any atom is -0.338 e. The van der Waals surface area contributed by atoms with Crippen LogP contribution in [0.4, 0.5) is 10.8 Å². The zero-order valence-corrected chi connectivity index (χ0v) is 21.5. The molecule has 3 aromatic heterocycles. The molecule has 11 nitrogen and oxygen atoms in total. The zero-order chi connectivity index (χ0) is 25.3. The molecule has 3 heterocycles. The Balaban J connectivity index is 1.26. The van der Waals surface area contributed by atoms with E-state index in [9.17, 15) is 13.2 Å². The molecule has 3 N–H and O–H groups in total. The Bertz CT molecular complexity index is 1670. The maximum atomic E-state index is 12.9. The highest BCUT2D eigenvalue weighted by molar-refractivity contribution is 8.00. The molecule has 5 aromatic rings. The third kappa shape index (κ3) is 5.01.